The number of hydrogen-bond acceptors (Lipinski definition) is 6. The first-order valence-corrected chi connectivity index (χ1v) is 15.5. The number of aryl methyl sites for hydroxylation is 1. The van der Waals surface area contributed by atoms with Crippen molar-refractivity contribution in [1.82, 2.24) is 14.5 Å². The van der Waals surface area contributed by atoms with Crippen LogP contribution in [0.2, 0.25) is 0 Å². The van der Waals surface area contributed by atoms with E-state index in [0.29, 0.717) is 38.5 Å². The Morgan fingerprint density at radius 2 is 1.88 bits per heavy atom. The lowest BCUT2D eigenvalue weighted by Gasteiger charge is -2.34. The van der Waals surface area contributed by atoms with Gasteiger partial charge >= 0.3 is 0 Å². The summed E-state index contributed by atoms with van der Waals surface area (Å²) >= 11 is 0. The van der Waals surface area contributed by atoms with Crippen molar-refractivity contribution in [1.29, 1.82) is 0 Å². The number of methoxy groups -OCH3 is 1. The van der Waals surface area contributed by atoms with E-state index in [9.17, 15) is 9.90 Å². The number of aromatic nitrogens is 2. The Hall–Kier alpha value is -2.94. The molecule has 2 aliphatic heterocycles. The van der Waals surface area contributed by atoms with Crippen LogP contribution in [0.1, 0.15) is 62.3 Å². The fraction of sp³-hybridized carbons (Fsp3) is 0.576. The third kappa shape index (κ3) is 7.48. The zero-order valence-electron chi connectivity index (χ0n) is 24.6. The fourth-order valence-corrected chi connectivity index (χ4v) is 6.66. The number of fused-ring (bicyclic) bond motifs is 1. The minimum atomic E-state index is -0.207. The topological polar surface area (TPSA) is 96.8 Å². The Labute approximate surface area is 244 Å². The van der Waals surface area contributed by atoms with Gasteiger partial charge in [0, 0.05) is 77.1 Å². The van der Waals surface area contributed by atoms with Crippen molar-refractivity contribution < 1.29 is 14.6 Å². The number of hydrogen-bond donors (Lipinski definition) is 2. The van der Waals surface area contributed by atoms with Crippen LogP contribution in [0.3, 0.4) is 0 Å². The van der Waals surface area contributed by atoms with Gasteiger partial charge in [-0.25, -0.2) is 4.98 Å². The highest BCUT2D eigenvalue weighted by atomic mass is 16.5. The van der Waals surface area contributed by atoms with Crippen LogP contribution in [0.5, 0.6) is 0 Å². The summed E-state index contributed by atoms with van der Waals surface area (Å²) in [6.07, 6.45) is 7.18. The quantitative estimate of drug-likeness (QED) is 0.320. The zero-order valence-corrected chi connectivity index (χ0v) is 24.6. The summed E-state index contributed by atoms with van der Waals surface area (Å²) in [7, 11) is 1.74. The monoisotopic (exact) mass is 561 g/mol. The van der Waals surface area contributed by atoms with Crippen LogP contribution in [0.4, 0.5) is 5.69 Å². The molecule has 2 aromatic carbocycles. The van der Waals surface area contributed by atoms with E-state index in [2.05, 4.69) is 51.9 Å². The molecular formula is C33H47N5O3. The maximum Gasteiger partial charge on any atom is 0.224 e. The van der Waals surface area contributed by atoms with Gasteiger partial charge in [-0.05, 0) is 80.7 Å². The van der Waals surface area contributed by atoms with Gasteiger partial charge in [0.05, 0.1) is 11.0 Å². The molecule has 2 aliphatic rings. The largest absolute Gasteiger partial charge is 0.396 e. The predicted molar refractivity (Wildman–Crippen MR) is 164 cm³/mol. The second-order valence-electron chi connectivity index (χ2n) is 11.9. The molecule has 2 atom stereocenters. The Morgan fingerprint density at radius 1 is 1.10 bits per heavy atom. The molecular weight excluding hydrogens is 514 g/mol. The SMILES string of the molecule is COCCCn1c(C2CCCN(C(=O)CC(N)Cc3ccc(N4CCC(CCO)CC4)cc3)C2)nc2ccccc21. The number of aliphatic hydroxyl groups is 1. The first-order chi connectivity index (χ1) is 20.1. The van der Waals surface area contributed by atoms with Gasteiger partial charge < -0.3 is 29.9 Å². The molecule has 2 fully saturated rings. The number of ether oxygens (including phenoxy) is 1. The number of rotatable bonds is 12. The maximum atomic E-state index is 13.4. The maximum absolute atomic E-state index is 13.4. The number of benzene rings is 2. The number of carbonyl (C=O) groups is 1. The molecule has 3 heterocycles. The number of anilines is 1. The molecule has 2 saturated heterocycles. The van der Waals surface area contributed by atoms with E-state index in [1.165, 1.54) is 11.3 Å². The lowest BCUT2D eigenvalue weighted by Crippen LogP contribution is -2.42. The predicted octanol–water partition coefficient (Wildman–Crippen LogP) is 4.34. The molecule has 0 bridgehead atoms. The van der Waals surface area contributed by atoms with E-state index >= 15 is 0 Å². The van der Waals surface area contributed by atoms with E-state index in [0.717, 1.165) is 81.6 Å². The average Bonchev–Trinajstić information content (AvgIpc) is 3.37. The standard InChI is InChI=1S/C33H47N5O3/c1-41-21-5-17-38-31-8-3-2-7-30(31)35-33(38)27-6-4-16-37(24-27)32(40)23-28(34)22-26-9-11-29(12-10-26)36-18-13-25(14-19-36)15-20-39/h2-3,7-12,25,27-28,39H,4-6,13-24,34H2,1H3. The summed E-state index contributed by atoms with van der Waals surface area (Å²) in [5.74, 6) is 2.09. The van der Waals surface area contributed by atoms with Crippen LogP contribution in [0.15, 0.2) is 48.5 Å². The molecule has 0 aliphatic carbocycles. The summed E-state index contributed by atoms with van der Waals surface area (Å²) < 4.78 is 7.64. The number of carbonyl (C=O) groups excluding carboxylic acids is 1. The van der Waals surface area contributed by atoms with Crippen molar-refractivity contribution >= 4 is 22.6 Å². The van der Waals surface area contributed by atoms with E-state index in [4.69, 9.17) is 15.5 Å². The molecule has 41 heavy (non-hydrogen) atoms. The number of likely N-dealkylation sites (tertiary alicyclic amines) is 1. The van der Waals surface area contributed by atoms with Gasteiger partial charge in [-0.3, -0.25) is 4.79 Å². The minimum absolute atomic E-state index is 0.145. The van der Waals surface area contributed by atoms with Gasteiger partial charge in [0.15, 0.2) is 0 Å². The van der Waals surface area contributed by atoms with Gasteiger partial charge in [0.1, 0.15) is 5.82 Å². The highest BCUT2D eigenvalue weighted by molar-refractivity contribution is 5.78. The van der Waals surface area contributed by atoms with Crippen molar-refractivity contribution in [2.45, 2.75) is 69.9 Å². The van der Waals surface area contributed by atoms with Crippen LogP contribution in [0.25, 0.3) is 11.0 Å². The molecule has 5 rings (SSSR count). The molecule has 8 nitrogen and oxygen atoms in total. The first-order valence-electron chi connectivity index (χ1n) is 15.5. The minimum Gasteiger partial charge on any atom is -0.396 e. The number of piperidine rings is 2. The summed E-state index contributed by atoms with van der Waals surface area (Å²) in [4.78, 5) is 22.8. The van der Waals surface area contributed by atoms with Crippen molar-refractivity contribution in [3.05, 3.63) is 59.9 Å². The van der Waals surface area contributed by atoms with E-state index < -0.39 is 0 Å². The van der Waals surface area contributed by atoms with E-state index in [-0.39, 0.29) is 17.9 Å². The lowest BCUT2D eigenvalue weighted by molar-refractivity contribution is -0.132. The second-order valence-corrected chi connectivity index (χ2v) is 11.9. The molecule has 0 saturated carbocycles. The van der Waals surface area contributed by atoms with Crippen molar-refractivity contribution in [3.63, 3.8) is 0 Å². The summed E-state index contributed by atoms with van der Waals surface area (Å²) in [6, 6.07) is 16.8. The number of imidazole rings is 1. The van der Waals surface area contributed by atoms with Crippen LogP contribution in [0, 0.1) is 5.92 Å². The molecule has 0 spiro atoms. The van der Waals surface area contributed by atoms with Crippen molar-refractivity contribution in [2.24, 2.45) is 11.7 Å². The molecule has 1 aromatic heterocycles. The molecule has 8 heteroatoms. The summed E-state index contributed by atoms with van der Waals surface area (Å²) in [6.45, 7) is 5.43. The molecule has 2 unspecified atom stereocenters. The lowest BCUT2D eigenvalue weighted by atomic mass is 9.93. The number of nitrogens with zero attached hydrogens (tertiary/aromatic N) is 4. The van der Waals surface area contributed by atoms with Gasteiger partial charge in [0.2, 0.25) is 5.91 Å². The Balaban J connectivity index is 1.15. The zero-order chi connectivity index (χ0) is 28.6. The molecule has 3 N–H and O–H groups in total. The third-order valence-electron chi connectivity index (χ3n) is 8.94. The number of para-hydroxylation sites is 2. The van der Waals surface area contributed by atoms with Gasteiger partial charge in [-0.2, -0.15) is 0 Å². The molecule has 0 radical (unpaired) electrons. The van der Waals surface area contributed by atoms with Crippen LogP contribution < -0.4 is 10.6 Å². The second kappa shape index (κ2) is 14.3. The summed E-state index contributed by atoms with van der Waals surface area (Å²) in [5.41, 5.74) is 11.1. The molecule has 1 amide bonds. The third-order valence-corrected chi connectivity index (χ3v) is 8.94. The number of amides is 1. The van der Waals surface area contributed by atoms with Crippen LogP contribution >= 0.6 is 0 Å². The smallest absolute Gasteiger partial charge is 0.224 e. The van der Waals surface area contributed by atoms with Gasteiger partial charge in [-0.1, -0.05) is 24.3 Å². The molecule has 222 valence electrons. The van der Waals surface area contributed by atoms with E-state index in [1.807, 2.05) is 11.0 Å². The van der Waals surface area contributed by atoms with Crippen molar-refractivity contribution in [3.8, 4) is 0 Å². The Kier molecular flexibility index (Phi) is 10.3. The highest BCUT2D eigenvalue weighted by Gasteiger charge is 2.29. The number of nitrogens with two attached hydrogens (primary N) is 1. The Morgan fingerprint density at radius 3 is 2.63 bits per heavy atom. The van der Waals surface area contributed by atoms with Gasteiger partial charge in [0.25, 0.3) is 0 Å². The van der Waals surface area contributed by atoms with Crippen molar-refractivity contribution in [2.75, 3.05) is 51.4 Å². The van der Waals surface area contributed by atoms with E-state index in [1.54, 1.807) is 7.11 Å². The Bertz CT molecular complexity index is 1250. The average molecular weight is 562 g/mol. The van der Waals surface area contributed by atoms with Crippen LogP contribution in [-0.2, 0) is 22.5 Å². The highest BCUT2D eigenvalue weighted by Crippen LogP contribution is 2.30. The normalized spacial score (nSPS) is 19.1. The summed E-state index contributed by atoms with van der Waals surface area (Å²) in [5, 5.41) is 9.21. The fourth-order valence-electron chi connectivity index (χ4n) is 6.66. The van der Waals surface area contributed by atoms with Gasteiger partial charge in [-0.15, -0.1) is 0 Å². The molecule has 3 aromatic rings. The number of aliphatic hydroxyl groups excluding tert-OH is 1. The van der Waals surface area contributed by atoms with Crippen LogP contribution in [-0.4, -0.2) is 78.0 Å². The first kappa shape index (κ1) is 29.5.